The second-order valence-corrected chi connectivity index (χ2v) is 6.18. The van der Waals surface area contributed by atoms with Gasteiger partial charge in [-0.05, 0) is 48.9 Å². The fraction of sp³-hybridized carbons (Fsp3) is 0.250. The average Bonchev–Trinajstić information content (AvgIpc) is 2.67. The van der Waals surface area contributed by atoms with Gasteiger partial charge in [0.25, 0.3) is 0 Å². The number of methoxy groups -OCH3 is 1. The summed E-state index contributed by atoms with van der Waals surface area (Å²) in [7, 11) is 1.13. The molecule has 2 aromatic rings. The van der Waals surface area contributed by atoms with Crippen LogP contribution in [0.15, 0.2) is 48.5 Å². The maximum atomic E-state index is 12.9. The molecule has 1 unspecified atom stereocenters. The molecule has 154 valence electrons. The van der Waals surface area contributed by atoms with Crippen molar-refractivity contribution >= 4 is 29.3 Å². The Labute approximate surface area is 166 Å². The van der Waals surface area contributed by atoms with E-state index in [9.17, 15) is 23.9 Å². The molecule has 1 atom stereocenters. The summed E-state index contributed by atoms with van der Waals surface area (Å²) >= 11 is 0. The minimum absolute atomic E-state index is 0.0628. The van der Waals surface area contributed by atoms with Gasteiger partial charge in [-0.1, -0.05) is 12.1 Å². The molecule has 0 heterocycles. The highest BCUT2D eigenvalue weighted by atomic mass is 19.1. The maximum absolute atomic E-state index is 12.9. The molecular formula is C20H21FN2O6. The van der Waals surface area contributed by atoms with Crippen LogP contribution in [0, 0.1) is 5.82 Å². The van der Waals surface area contributed by atoms with Gasteiger partial charge in [-0.15, -0.1) is 5.06 Å². The number of benzene rings is 2. The van der Waals surface area contributed by atoms with E-state index in [0.29, 0.717) is 16.3 Å². The van der Waals surface area contributed by atoms with Crippen LogP contribution in [0.1, 0.15) is 18.9 Å². The highest BCUT2D eigenvalue weighted by Crippen LogP contribution is 2.20. The summed E-state index contributed by atoms with van der Waals surface area (Å²) in [6, 6.07) is 11.5. The van der Waals surface area contributed by atoms with E-state index in [2.05, 4.69) is 10.1 Å². The van der Waals surface area contributed by atoms with Crippen LogP contribution in [0.3, 0.4) is 0 Å². The highest BCUT2D eigenvalue weighted by molar-refractivity contribution is 5.93. The third-order valence-electron chi connectivity index (χ3n) is 3.66. The molecule has 0 spiro atoms. The van der Waals surface area contributed by atoms with Gasteiger partial charge in [0.1, 0.15) is 5.82 Å². The first kappa shape index (κ1) is 21.8. The van der Waals surface area contributed by atoms with E-state index in [1.165, 1.54) is 55.5 Å². The third-order valence-corrected chi connectivity index (χ3v) is 3.66. The molecule has 0 bridgehead atoms. The Kier molecular flexibility index (Phi) is 7.67. The van der Waals surface area contributed by atoms with E-state index in [1.54, 1.807) is 0 Å². The lowest BCUT2D eigenvalue weighted by molar-refractivity contribution is -0.146. The van der Waals surface area contributed by atoms with E-state index in [-0.39, 0.29) is 30.3 Å². The third kappa shape index (κ3) is 6.89. The van der Waals surface area contributed by atoms with E-state index in [0.717, 1.165) is 7.11 Å². The number of carbonyl (C=O) groups is 3. The molecule has 2 rings (SSSR count). The number of halogens is 1. The predicted molar refractivity (Wildman–Crippen MR) is 102 cm³/mol. The van der Waals surface area contributed by atoms with E-state index >= 15 is 0 Å². The molecule has 2 N–H and O–H groups in total. The molecular weight excluding hydrogens is 383 g/mol. The standard InChI is InChI=1S/C20H21FN2O6/c1-13(24)11-19(26)29-23(20(27)28-2)17-9-7-16(8-10-17)22-18(25)12-14-3-5-15(21)6-4-14/h3-10,13,24H,11-12H2,1-2H3,(H,22,25). The first-order valence-corrected chi connectivity index (χ1v) is 8.69. The van der Waals surface area contributed by atoms with Crippen molar-refractivity contribution in [2.75, 3.05) is 17.5 Å². The normalized spacial score (nSPS) is 11.3. The number of aliphatic hydroxyl groups excluding tert-OH is 1. The number of amides is 2. The summed E-state index contributed by atoms with van der Waals surface area (Å²) in [5.74, 6) is -1.51. The Hall–Kier alpha value is -3.46. The van der Waals surface area contributed by atoms with Crippen molar-refractivity contribution < 1.29 is 33.5 Å². The molecule has 0 saturated carbocycles. The van der Waals surface area contributed by atoms with Crippen LogP contribution in [-0.4, -0.2) is 36.3 Å². The van der Waals surface area contributed by atoms with Crippen molar-refractivity contribution in [3.63, 3.8) is 0 Å². The number of aliphatic hydroxyl groups is 1. The van der Waals surface area contributed by atoms with Gasteiger partial charge in [0.15, 0.2) is 0 Å². The Bertz CT molecular complexity index is 852. The second-order valence-electron chi connectivity index (χ2n) is 6.18. The number of rotatable bonds is 6. The predicted octanol–water partition coefficient (Wildman–Crippen LogP) is 2.81. The van der Waals surface area contributed by atoms with Crippen LogP contribution in [0.5, 0.6) is 0 Å². The number of hydrogen-bond donors (Lipinski definition) is 2. The lowest BCUT2D eigenvalue weighted by Gasteiger charge is -2.20. The van der Waals surface area contributed by atoms with Gasteiger partial charge < -0.3 is 20.0 Å². The number of carbonyl (C=O) groups excluding carboxylic acids is 3. The van der Waals surface area contributed by atoms with Crippen LogP contribution in [0.4, 0.5) is 20.6 Å². The van der Waals surface area contributed by atoms with Crippen LogP contribution in [0.2, 0.25) is 0 Å². The van der Waals surface area contributed by atoms with Crippen LogP contribution >= 0.6 is 0 Å². The molecule has 2 amide bonds. The zero-order valence-corrected chi connectivity index (χ0v) is 15.9. The Morgan fingerprint density at radius 2 is 1.72 bits per heavy atom. The molecule has 8 nitrogen and oxygen atoms in total. The molecule has 0 aliphatic heterocycles. The van der Waals surface area contributed by atoms with Gasteiger partial charge in [0.2, 0.25) is 5.91 Å². The molecule has 0 radical (unpaired) electrons. The molecule has 9 heteroatoms. The van der Waals surface area contributed by atoms with Crippen molar-refractivity contribution in [1.82, 2.24) is 0 Å². The Balaban J connectivity index is 2.03. The largest absolute Gasteiger partial charge is 0.450 e. The van der Waals surface area contributed by atoms with Gasteiger partial charge >= 0.3 is 12.1 Å². The SMILES string of the molecule is COC(=O)N(OC(=O)CC(C)O)c1ccc(NC(=O)Cc2ccc(F)cc2)cc1. The topological polar surface area (TPSA) is 105 Å². The van der Waals surface area contributed by atoms with Crippen LogP contribution in [-0.2, 0) is 25.6 Å². The lowest BCUT2D eigenvalue weighted by atomic mass is 10.1. The molecule has 0 saturated heterocycles. The second kappa shape index (κ2) is 10.2. The summed E-state index contributed by atoms with van der Waals surface area (Å²) in [5.41, 5.74) is 1.29. The number of anilines is 2. The van der Waals surface area contributed by atoms with E-state index in [1.807, 2.05) is 0 Å². The minimum Gasteiger partial charge on any atom is -0.450 e. The summed E-state index contributed by atoms with van der Waals surface area (Å²) in [4.78, 5) is 40.7. The van der Waals surface area contributed by atoms with Gasteiger partial charge in [-0.25, -0.2) is 14.0 Å². The van der Waals surface area contributed by atoms with Crippen molar-refractivity contribution in [3.8, 4) is 0 Å². The van der Waals surface area contributed by atoms with E-state index in [4.69, 9.17) is 4.84 Å². The first-order valence-electron chi connectivity index (χ1n) is 8.69. The zero-order valence-electron chi connectivity index (χ0n) is 15.9. The molecule has 2 aromatic carbocycles. The van der Waals surface area contributed by atoms with Crippen molar-refractivity contribution in [1.29, 1.82) is 0 Å². The van der Waals surface area contributed by atoms with Crippen molar-refractivity contribution in [2.24, 2.45) is 0 Å². The maximum Gasteiger partial charge on any atom is 0.447 e. The van der Waals surface area contributed by atoms with Gasteiger partial charge in [0.05, 0.1) is 31.7 Å². The van der Waals surface area contributed by atoms with Gasteiger partial charge in [-0.2, -0.15) is 0 Å². The molecule has 0 aliphatic carbocycles. The average molecular weight is 404 g/mol. The lowest BCUT2D eigenvalue weighted by Crippen LogP contribution is -2.34. The fourth-order valence-electron chi connectivity index (χ4n) is 2.33. The molecule has 0 aliphatic rings. The zero-order chi connectivity index (χ0) is 21.4. The van der Waals surface area contributed by atoms with E-state index < -0.39 is 18.2 Å². The summed E-state index contributed by atoms with van der Waals surface area (Å²) in [6.07, 6.45) is -2.10. The summed E-state index contributed by atoms with van der Waals surface area (Å²) in [6.45, 7) is 1.41. The number of nitrogens with zero attached hydrogens (tertiary/aromatic N) is 1. The fourth-order valence-corrected chi connectivity index (χ4v) is 2.33. The highest BCUT2D eigenvalue weighted by Gasteiger charge is 2.22. The first-order chi connectivity index (χ1) is 13.8. The van der Waals surface area contributed by atoms with Crippen molar-refractivity contribution in [2.45, 2.75) is 25.9 Å². The molecule has 0 fully saturated rings. The van der Waals surface area contributed by atoms with Crippen LogP contribution in [0.25, 0.3) is 0 Å². The molecule has 0 aromatic heterocycles. The summed E-state index contributed by atoms with van der Waals surface area (Å²) < 4.78 is 17.5. The molecule has 29 heavy (non-hydrogen) atoms. The monoisotopic (exact) mass is 404 g/mol. The number of hydroxylamine groups is 1. The number of hydrogen-bond acceptors (Lipinski definition) is 6. The minimum atomic E-state index is -0.933. The smallest absolute Gasteiger partial charge is 0.447 e. The Morgan fingerprint density at radius 1 is 1.10 bits per heavy atom. The number of ether oxygens (including phenoxy) is 1. The van der Waals surface area contributed by atoms with Gasteiger partial charge in [0, 0.05) is 5.69 Å². The van der Waals surface area contributed by atoms with Gasteiger partial charge in [-0.3, -0.25) is 4.79 Å². The Morgan fingerprint density at radius 3 is 2.28 bits per heavy atom. The van der Waals surface area contributed by atoms with Crippen LogP contribution < -0.4 is 10.4 Å². The number of nitrogens with one attached hydrogen (secondary N) is 1. The van der Waals surface area contributed by atoms with Crippen molar-refractivity contribution in [3.05, 3.63) is 59.9 Å². The summed E-state index contributed by atoms with van der Waals surface area (Å²) in [5, 5.41) is 12.6. The quantitative estimate of drug-likeness (QED) is 0.718.